The maximum absolute atomic E-state index is 12.5. The number of nitrogens with one attached hydrogen (secondary N) is 3. The van der Waals surface area contributed by atoms with Crippen LogP contribution in [0.3, 0.4) is 0 Å². The standard InChI is InChI=1S/C17H24N4O2/c1-10-8-13-16(20-17(23)18-13)15(12(10)3)19-14(22)9-21-7-5-4-6-11(21)2/h8,11H,4-7,9H2,1-3H3,(H,19,22)(H2,18,20,23). The molecule has 6 heteroatoms. The van der Waals surface area contributed by atoms with Crippen molar-refractivity contribution in [3.63, 3.8) is 0 Å². The SMILES string of the molecule is Cc1cc2[nH]c(=O)[nH]c2c(NC(=O)CN2CCCCC2C)c1C. The molecule has 124 valence electrons. The fourth-order valence-corrected chi connectivity index (χ4v) is 3.32. The van der Waals surface area contributed by atoms with Gasteiger partial charge in [0.2, 0.25) is 5.91 Å². The first-order valence-electron chi connectivity index (χ1n) is 8.22. The van der Waals surface area contributed by atoms with Gasteiger partial charge in [0.25, 0.3) is 0 Å². The molecular weight excluding hydrogens is 292 g/mol. The van der Waals surface area contributed by atoms with E-state index in [2.05, 4.69) is 27.1 Å². The maximum Gasteiger partial charge on any atom is 0.323 e. The topological polar surface area (TPSA) is 81.0 Å². The second kappa shape index (κ2) is 6.20. The first-order valence-corrected chi connectivity index (χ1v) is 8.22. The van der Waals surface area contributed by atoms with Crippen molar-refractivity contribution in [2.75, 3.05) is 18.4 Å². The second-order valence-corrected chi connectivity index (χ2v) is 6.56. The van der Waals surface area contributed by atoms with Crippen LogP contribution in [-0.4, -0.2) is 39.9 Å². The van der Waals surface area contributed by atoms with Gasteiger partial charge in [-0.15, -0.1) is 0 Å². The summed E-state index contributed by atoms with van der Waals surface area (Å²) in [7, 11) is 0. The molecular formula is C17H24N4O2. The Morgan fingerprint density at radius 3 is 2.87 bits per heavy atom. The number of carbonyl (C=O) groups is 1. The number of H-pyrrole nitrogens is 2. The minimum absolute atomic E-state index is 0.0317. The summed E-state index contributed by atoms with van der Waals surface area (Å²) < 4.78 is 0. The largest absolute Gasteiger partial charge is 0.323 e. The third-order valence-corrected chi connectivity index (χ3v) is 4.89. The number of aromatic nitrogens is 2. The first kappa shape index (κ1) is 15.8. The fourth-order valence-electron chi connectivity index (χ4n) is 3.32. The van der Waals surface area contributed by atoms with E-state index in [9.17, 15) is 9.59 Å². The quantitative estimate of drug-likeness (QED) is 0.812. The van der Waals surface area contributed by atoms with Crippen LogP contribution in [0.15, 0.2) is 10.9 Å². The smallest absolute Gasteiger partial charge is 0.323 e. The van der Waals surface area contributed by atoms with Crippen LogP contribution in [0.2, 0.25) is 0 Å². The number of piperidine rings is 1. The molecule has 1 aliphatic heterocycles. The average Bonchev–Trinajstić information content (AvgIpc) is 2.86. The number of hydrogen-bond acceptors (Lipinski definition) is 3. The van der Waals surface area contributed by atoms with Crippen LogP contribution in [-0.2, 0) is 4.79 Å². The van der Waals surface area contributed by atoms with Crippen molar-refractivity contribution in [3.05, 3.63) is 27.7 Å². The number of benzene rings is 1. The van der Waals surface area contributed by atoms with E-state index in [1.165, 1.54) is 6.42 Å². The van der Waals surface area contributed by atoms with Gasteiger partial charge in [0, 0.05) is 6.04 Å². The Kier molecular flexibility index (Phi) is 4.26. The molecule has 1 fully saturated rings. The number of hydrogen-bond donors (Lipinski definition) is 3. The summed E-state index contributed by atoms with van der Waals surface area (Å²) in [5.41, 5.74) is 3.85. The monoisotopic (exact) mass is 316 g/mol. The zero-order valence-corrected chi connectivity index (χ0v) is 14.0. The van der Waals surface area contributed by atoms with Crippen LogP contribution in [0, 0.1) is 13.8 Å². The number of aryl methyl sites for hydroxylation is 1. The van der Waals surface area contributed by atoms with E-state index in [0.717, 1.165) is 36.0 Å². The molecule has 1 atom stereocenters. The second-order valence-electron chi connectivity index (χ2n) is 6.56. The first-order chi connectivity index (χ1) is 11.0. The third kappa shape index (κ3) is 3.17. The van der Waals surface area contributed by atoms with Gasteiger partial charge in [-0.25, -0.2) is 4.79 Å². The van der Waals surface area contributed by atoms with Crippen LogP contribution < -0.4 is 11.0 Å². The maximum atomic E-state index is 12.5. The highest BCUT2D eigenvalue weighted by molar-refractivity contribution is 6.01. The molecule has 0 radical (unpaired) electrons. The highest BCUT2D eigenvalue weighted by Gasteiger charge is 2.21. The van der Waals surface area contributed by atoms with Gasteiger partial charge in [-0.05, 0) is 57.4 Å². The molecule has 1 unspecified atom stereocenters. The lowest BCUT2D eigenvalue weighted by atomic mass is 10.0. The summed E-state index contributed by atoms with van der Waals surface area (Å²) >= 11 is 0. The Bertz CT molecular complexity index is 790. The van der Waals surface area contributed by atoms with Gasteiger partial charge >= 0.3 is 5.69 Å². The molecule has 0 aliphatic carbocycles. The molecule has 1 aliphatic rings. The molecule has 1 aromatic heterocycles. The van der Waals surface area contributed by atoms with Gasteiger partial charge in [0.05, 0.1) is 23.3 Å². The minimum Gasteiger partial charge on any atom is -0.323 e. The fraction of sp³-hybridized carbons (Fsp3) is 0.529. The highest BCUT2D eigenvalue weighted by atomic mass is 16.2. The molecule has 2 heterocycles. The summed E-state index contributed by atoms with van der Waals surface area (Å²) in [5, 5.41) is 3.00. The van der Waals surface area contributed by atoms with E-state index < -0.39 is 0 Å². The van der Waals surface area contributed by atoms with Crippen LogP contribution in [0.5, 0.6) is 0 Å². The third-order valence-electron chi connectivity index (χ3n) is 4.89. The van der Waals surface area contributed by atoms with Crippen molar-refractivity contribution < 1.29 is 4.79 Å². The van der Waals surface area contributed by atoms with Crippen molar-refractivity contribution in [2.45, 2.75) is 46.1 Å². The molecule has 3 N–H and O–H groups in total. The summed E-state index contributed by atoms with van der Waals surface area (Å²) in [6.07, 6.45) is 3.53. The van der Waals surface area contributed by atoms with E-state index in [4.69, 9.17) is 0 Å². The molecule has 23 heavy (non-hydrogen) atoms. The van der Waals surface area contributed by atoms with E-state index >= 15 is 0 Å². The number of fused-ring (bicyclic) bond motifs is 1. The van der Waals surface area contributed by atoms with E-state index in [1.54, 1.807) is 0 Å². The predicted octanol–water partition coefficient (Wildman–Crippen LogP) is 2.29. The Labute approximate surface area is 135 Å². The molecule has 0 saturated carbocycles. The number of rotatable bonds is 3. The summed E-state index contributed by atoms with van der Waals surface area (Å²) in [6, 6.07) is 2.37. The predicted molar refractivity (Wildman–Crippen MR) is 91.9 cm³/mol. The molecule has 3 rings (SSSR count). The zero-order valence-electron chi connectivity index (χ0n) is 14.0. The average molecular weight is 316 g/mol. The molecule has 1 aromatic carbocycles. The number of anilines is 1. The number of carbonyl (C=O) groups excluding carboxylic acids is 1. The van der Waals surface area contributed by atoms with Gasteiger partial charge in [-0.1, -0.05) is 6.42 Å². The van der Waals surface area contributed by atoms with Crippen molar-refractivity contribution in [2.24, 2.45) is 0 Å². The van der Waals surface area contributed by atoms with Crippen LogP contribution in [0.1, 0.15) is 37.3 Å². The van der Waals surface area contributed by atoms with Gasteiger partial charge in [-0.2, -0.15) is 0 Å². The number of aromatic amines is 2. The van der Waals surface area contributed by atoms with Gasteiger partial charge in [0.1, 0.15) is 0 Å². The molecule has 1 saturated heterocycles. The molecule has 0 spiro atoms. The Balaban J connectivity index is 1.84. The van der Waals surface area contributed by atoms with Crippen molar-refractivity contribution in [1.29, 1.82) is 0 Å². The van der Waals surface area contributed by atoms with Crippen molar-refractivity contribution in [1.82, 2.24) is 14.9 Å². The number of imidazole rings is 1. The van der Waals surface area contributed by atoms with Crippen molar-refractivity contribution in [3.8, 4) is 0 Å². The lowest BCUT2D eigenvalue weighted by Crippen LogP contribution is -2.42. The van der Waals surface area contributed by atoms with Crippen molar-refractivity contribution >= 4 is 22.6 Å². The Morgan fingerprint density at radius 1 is 1.35 bits per heavy atom. The van der Waals surface area contributed by atoms with Crippen LogP contribution >= 0.6 is 0 Å². The normalized spacial score (nSPS) is 19.2. The van der Waals surface area contributed by atoms with Crippen LogP contribution in [0.25, 0.3) is 11.0 Å². The summed E-state index contributed by atoms with van der Waals surface area (Å²) in [6.45, 7) is 7.47. The number of likely N-dealkylation sites (tertiary alicyclic amines) is 1. The number of nitrogens with zero attached hydrogens (tertiary/aromatic N) is 1. The Hall–Kier alpha value is -2.08. The van der Waals surface area contributed by atoms with E-state index in [1.807, 2.05) is 19.9 Å². The van der Waals surface area contributed by atoms with E-state index in [0.29, 0.717) is 23.8 Å². The molecule has 6 nitrogen and oxygen atoms in total. The van der Waals surface area contributed by atoms with Gasteiger partial charge < -0.3 is 15.3 Å². The number of amides is 1. The van der Waals surface area contributed by atoms with Gasteiger partial charge in [-0.3, -0.25) is 9.69 Å². The summed E-state index contributed by atoms with van der Waals surface area (Å²) in [5.74, 6) is -0.0317. The Morgan fingerprint density at radius 2 is 2.13 bits per heavy atom. The highest BCUT2D eigenvalue weighted by Crippen LogP contribution is 2.27. The molecule has 1 amide bonds. The minimum atomic E-state index is -0.259. The van der Waals surface area contributed by atoms with Crippen LogP contribution in [0.4, 0.5) is 5.69 Å². The molecule has 2 aromatic rings. The summed E-state index contributed by atoms with van der Waals surface area (Å²) in [4.78, 5) is 31.8. The lowest BCUT2D eigenvalue weighted by molar-refractivity contribution is -0.118. The lowest BCUT2D eigenvalue weighted by Gasteiger charge is -2.32. The molecule has 0 bridgehead atoms. The van der Waals surface area contributed by atoms with E-state index in [-0.39, 0.29) is 11.6 Å². The zero-order chi connectivity index (χ0) is 16.6. The van der Waals surface area contributed by atoms with Gasteiger partial charge in [0.15, 0.2) is 0 Å².